The summed E-state index contributed by atoms with van der Waals surface area (Å²) in [7, 11) is 0. The molecule has 0 amide bonds. The van der Waals surface area contributed by atoms with Crippen molar-refractivity contribution in [2.45, 2.75) is 40.7 Å². The lowest BCUT2D eigenvalue weighted by molar-refractivity contribution is 0.0956. The van der Waals surface area contributed by atoms with E-state index in [0.29, 0.717) is 28.3 Å². The maximum absolute atomic E-state index is 12.6. The number of carbonyl (C=O) groups excluding carboxylic acids is 2. The smallest absolute Gasteiger partial charge is 0.204 e. The summed E-state index contributed by atoms with van der Waals surface area (Å²) in [5.41, 5.74) is 4.43. The topological polar surface area (TPSA) is 93.5 Å². The lowest BCUT2D eigenvalue weighted by atomic mass is 10.1. The van der Waals surface area contributed by atoms with Gasteiger partial charge in [0, 0.05) is 16.8 Å². The van der Waals surface area contributed by atoms with Crippen molar-refractivity contribution in [3.63, 3.8) is 0 Å². The van der Waals surface area contributed by atoms with Gasteiger partial charge in [-0.15, -0.1) is 10.2 Å². The molecule has 0 saturated heterocycles. The normalized spacial score (nSPS) is 10.9. The fraction of sp³-hybridized carbons (Fsp3) is 0.316. The van der Waals surface area contributed by atoms with Crippen molar-refractivity contribution in [1.82, 2.24) is 25.2 Å². The number of rotatable bonds is 6. The summed E-state index contributed by atoms with van der Waals surface area (Å²) in [6.07, 6.45) is 0.964. The van der Waals surface area contributed by atoms with Gasteiger partial charge in [-0.2, -0.15) is 4.80 Å². The van der Waals surface area contributed by atoms with E-state index in [-0.39, 0.29) is 18.1 Å². The van der Waals surface area contributed by atoms with Gasteiger partial charge in [-0.05, 0) is 43.5 Å². The first-order valence-corrected chi connectivity index (χ1v) is 8.51. The van der Waals surface area contributed by atoms with Gasteiger partial charge in [0.05, 0.1) is 5.69 Å². The van der Waals surface area contributed by atoms with Crippen LogP contribution in [0, 0.1) is 13.8 Å². The summed E-state index contributed by atoms with van der Waals surface area (Å²) in [6, 6.07) is 7.93. The van der Waals surface area contributed by atoms with Crippen LogP contribution in [0.3, 0.4) is 0 Å². The first kappa shape index (κ1) is 17.7. The minimum Gasteiger partial charge on any atom is -0.355 e. The minimum absolute atomic E-state index is 0.0435. The van der Waals surface area contributed by atoms with Crippen molar-refractivity contribution in [3.05, 3.63) is 52.3 Å². The molecule has 0 unspecified atom stereocenters. The lowest BCUT2D eigenvalue weighted by Gasteiger charge is -2.00. The summed E-state index contributed by atoms with van der Waals surface area (Å²) in [6.45, 7) is 7.09. The van der Waals surface area contributed by atoms with Crippen molar-refractivity contribution in [1.29, 1.82) is 0 Å². The molecule has 0 spiro atoms. The van der Waals surface area contributed by atoms with Crippen LogP contribution >= 0.6 is 0 Å². The lowest BCUT2D eigenvalue weighted by Crippen LogP contribution is -2.14. The molecule has 2 aromatic heterocycles. The highest BCUT2D eigenvalue weighted by Gasteiger charge is 2.20. The van der Waals surface area contributed by atoms with Gasteiger partial charge >= 0.3 is 0 Å². The number of ketones is 2. The van der Waals surface area contributed by atoms with Gasteiger partial charge in [-0.3, -0.25) is 9.59 Å². The average molecular weight is 351 g/mol. The Morgan fingerprint density at radius 2 is 1.85 bits per heavy atom. The van der Waals surface area contributed by atoms with E-state index in [1.807, 2.05) is 24.3 Å². The molecule has 3 aromatic rings. The summed E-state index contributed by atoms with van der Waals surface area (Å²) >= 11 is 0. The molecular weight excluding hydrogens is 330 g/mol. The van der Waals surface area contributed by atoms with Gasteiger partial charge in [-0.1, -0.05) is 31.2 Å². The van der Waals surface area contributed by atoms with E-state index in [1.165, 1.54) is 17.3 Å². The number of aryl methyl sites for hydroxylation is 2. The monoisotopic (exact) mass is 351 g/mol. The number of nitrogens with one attached hydrogen (secondary N) is 1. The number of aromatic nitrogens is 5. The predicted molar refractivity (Wildman–Crippen MR) is 97.2 cm³/mol. The Labute approximate surface area is 151 Å². The molecule has 0 aliphatic carbocycles. The van der Waals surface area contributed by atoms with E-state index in [2.05, 4.69) is 27.3 Å². The van der Waals surface area contributed by atoms with Crippen LogP contribution in [0.15, 0.2) is 24.3 Å². The van der Waals surface area contributed by atoms with Crippen LogP contribution in [0.1, 0.15) is 51.5 Å². The summed E-state index contributed by atoms with van der Waals surface area (Å²) in [5, 5.41) is 12.3. The van der Waals surface area contributed by atoms with Crippen molar-refractivity contribution in [3.8, 4) is 11.4 Å². The van der Waals surface area contributed by atoms with Crippen molar-refractivity contribution in [2.24, 2.45) is 0 Å². The molecule has 0 saturated carbocycles. The van der Waals surface area contributed by atoms with Crippen molar-refractivity contribution >= 4 is 11.6 Å². The molecule has 134 valence electrons. The summed E-state index contributed by atoms with van der Waals surface area (Å²) in [5.74, 6) is 0.222. The van der Waals surface area contributed by atoms with Crippen molar-refractivity contribution in [2.75, 3.05) is 0 Å². The first-order chi connectivity index (χ1) is 12.4. The van der Waals surface area contributed by atoms with Gasteiger partial charge < -0.3 is 4.98 Å². The molecule has 0 aliphatic rings. The molecule has 1 N–H and O–H groups in total. The van der Waals surface area contributed by atoms with Crippen LogP contribution in [-0.2, 0) is 13.0 Å². The maximum atomic E-state index is 12.6. The number of hydrogen-bond acceptors (Lipinski definition) is 5. The Morgan fingerprint density at radius 3 is 2.42 bits per heavy atom. The number of Topliss-reactive ketones (excluding diaryl/α,β-unsaturated/α-hetero) is 2. The number of hydrogen-bond donors (Lipinski definition) is 1. The summed E-state index contributed by atoms with van der Waals surface area (Å²) in [4.78, 5) is 28.6. The zero-order chi connectivity index (χ0) is 18.8. The van der Waals surface area contributed by atoms with Gasteiger partial charge in [0.2, 0.25) is 11.6 Å². The van der Waals surface area contributed by atoms with Crippen LogP contribution in [-0.4, -0.2) is 36.8 Å². The molecular formula is C19H21N5O2. The Balaban J connectivity index is 1.80. The van der Waals surface area contributed by atoms with Crippen LogP contribution in [0.5, 0.6) is 0 Å². The van der Waals surface area contributed by atoms with E-state index in [9.17, 15) is 9.59 Å². The van der Waals surface area contributed by atoms with Crippen LogP contribution < -0.4 is 0 Å². The van der Waals surface area contributed by atoms with E-state index in [1.54, 1.807) is 13.8 Å². The molecule has 0 atom stereocenters. The van der Waals surface area contributed by atoms with Crippen molar-refractivity contribution < 1.29 is 9.59 Å². The predicted octanol–water partition coefficient (Wildman–Crippen LogP) is 2.93. The highest BCUT2D eigenvalue weighted by molar-refractivity contribution is 6.03. The Hall–Kier alpha value is -3.09. The highest BCUT2D eigenvalue weighted by Crippen LogP contribution is 2.19. The van der Waals surface area contributed by atoms with Crippen LogP contribution in [0.2, 0.25) is 0 Å². The van der Waals surface area contributed by atoms with Gasteiger partial charge in [0.1, 0.15) is 6.54 Å². The zero-order valence-corrected chi connectivity index (χ0v) is 15.3. The standard InChI is InChI=1S/C19H21N5O2/c1-5-14-6-8-15(9-7-14)19-21-23-24(22-19)10-16(26)18-11(2)17(13(4)25)12(3)20-18/h6-9,20H,5,10H2,1-4H3. The number of benzene rings is 1. The maximum Gasteiger partial charge on any atom is 0.204 e. The van der Waals surface area contributed by atoms with Crippen LogP contribution in [0.25, 0.3) is 11.4 Å². The second kappa shape index (κ2) is 7.03. The van der Waals surface area contributed by atoms with Gasteiger partial charge in [0.25, 0.3) is 0 Å². The largest absolute Gasteiger partial charge is 0.355 e. The molecule has 7 heteroatoms. The summed E-state index contributed by atoms with van der Waals surface area (Å²) < 4.78 is 0. The second-order valence-electron chi connectivity index (χ2n) is 6.30. The average Bonchev–Trinajstić information content (AvgIpc) is 3.19. The SMILES string of the molecule is CCc1ccc(-c2nnn(CC(=O)c3[nH]c(C)c(C(C)=O)c3C)n2)cc1. The molecule has 3 rings (SSSR count). The first-order valence-electron chi connectivity index (χ1n) is 8.51. The van der Waals surface area contributed by atoms with E-state index in [4.69, 9.17) is 0 Å². The number of H-pyrrole nitrogens is 1. The third-order valence-electron chi connectivity index (χ3n) is 4.43. The molecule has 7 nitrogen and oxygen atoms in total. The van der Waals surface area contributed by atoms with Gasteiger partial charge in [0.15, 0.2) is 5.78 Å². The van der Waals surface area contributed by atoms with E-state index < -0.39 is 0 Å². The Bertz CT molecular complexity index is 966. The zero-order valence-electron chi connectivity index (χ0n) is 15.3. The molecule has 0 fully saturated rings. The Morgan fingerprint density at radius 1 is 1.15 bits per heavy atom. The third-order valence-corrected chi connectivity index (χ3v) is 4.43. The number of aromatic amines is 1. The highest BCUT2D eigenvalue weighted by atomic mass is 16.1. The number of nitrogens with zero attached hydrogens (tertiary/aromatic N) is 4. The molecule has 0 radical (unpaired) electrons. The third kappa shape index (κ3) is 3.33. The quantitative estimate of drug-likeness (QED) is 0.689. The minimum atomic E-state index is -0.191. The number of tetrazole rings is 1. The number of carbonyl (C=O) groups is 2. The molecule has 26 heavy (non-hydrogen) atoms. The fourth-order valence-electron chi connectivity index (χ4n) is 3.08. The molecule has 1 aromatic carbocycles. The van der Waals surface area contributed by atoms with E-state index >= 15 is 0 Å². The molecule has 2 heterocycles. The van der Waals surface area contributed by atoms with E-state index in [0.717, 1.165) is 12.0 Å². The second-order valence-corrected chi connectivity index (χ2v) is 6.30. The van der Waals surface area contributed by atoms with Crippen LogP contribution in [0.4, 0.5) is 0 Å². The van der Waals surface area contributed by atoms with Gasteiger partial charge in [-0.25, -0.2) is 0 Å². The molecule has 0 aliphatic heterocycles. The Kier molecular flexibility index (Phi) is 4.79. The fourth-order valence-corrected chi connectivity index (χ4v) is 3.08. The molecule has 0 bridgehead atoms.